The molecule has 140 valence electrons. The molecule has 0 radical (unpaired) electrons. The molecule has 1 atom stereocenters. The number of benzene rings is 2. The number of nitrogen functional groups attached to an aromatic ring is 1. The summed E-state index contributed by atoms with van der Waals surface area (Å²) in [6.45, 7) is 0. The highest BCUT2D eigenvalue weighted by molar-refractivity contribution is 6.03. The first-order valence-corrected chi connectivity index (χ1v) is 8.59. The Kier molecular flexibility index (Phi) is 5.40. The van der Waals surface area contributed by atoms with Gasteiger partial charge in [0, 0.05) is 24.1 Å². The van der Waals surface area contributed by atoms with Gasteiger partial charge in [0.05, 0.1) is 25.3 Å². The predicted octanol–water partition coefficient (Wildman–Crippen LogP) is 2.82. The number of anilines is 1. The van der Waals surface area contributed by atoms with Crippen LogP contribution >= 0.6 is 0 Å². The van der Waals surface area contributed by atoms with Crippen LogP contribution in [0.3, 0.4) is 0 Å². The number of methoxy groups -OCH3 is 1. The van der Waals surface area contributed by atoms with Crippen LogP contribution in [0, 0.1) is 0 Å². The Hall–Kier alpha value is -3.35. The van der Waals surface area contributed by atoms with Gasteiger partial charge < -0.3 is 15.6 Å². The quantitative estimate of drug-likeness (QED) is 0.764. The first kappa shape index (κ1) is 18.4. The fraction of sp³-hybridized carbons (Fsp3) is 0.250. The molecule has 0 fully saturated rings. The number of carboxylic acids is 1. The van der Waals surface area contributed by atoms with Crippen LogP contribution in [-0.4, -0.2) is 34.8 Å². The van der Waals surface area contributed by atoms with Crippen molar-refractivity contribution in [3.05, 3.63) is 59.7 Å². The Balaban J connectivity index is 1.94. The van der Waals surface area contributed by atoms with Crippen LogP contribution in [0.15, 0.2) is 53.6 Å². The third kappa shape index (κ3) is 4.08. The van der Waals surface area contributed by atoms with E-state index in [4.69, 9.17) is 15.6 Å². The maximum atomic E-state index is 12.7. The molecule has 3 N–H and O–H groups in total. The number of hydrazone groups is 1. The molecule has 7 nitrogen and oxygen atoms in total. The number of amides is 1. The Bertz CT molecular complexity index is 877. The minimum atomic E-state index is -1.01. The summed E-state index contributed by atoms with van der Waals surface area (Å²) in [6, 6.07) is 14.4. The van der Waals surface area contributed by atoms with Gasteiger partial charge >= 0.3 is 5.97 Å². The van der Waals surface area contributed by atoms with Crippen molar-refractivity contribution in [3.63, 3.8) is 0 Å². The average molecular weight is 367 g/mol. The number of carboxylic acid groups (broad SMARTS) is 1. The van der Waals surface area contributed by atoms with Crippen molar-refractivity contribution in [2.45, 2.75) is 25.3 Å². The van der Waals surface area contributed by atoms with Crippen LogP contribution in [0.4, 0.5) is 5.69 Å². The maximum absolute atomic E-state index is 12.7. The number of para-hydroxylation sites is 1. The molecule has 1 aliphatic rings. The van der Waals surface area contributed by atoms with Gasteiger partial charge in [0.2, 0.25) is 5.91 Å². The lowest BCUT2D eigenvalue weighted by Gasteiger charge is -2.23. The highest BCUT2D eigenvalue weighted by atomic mass is 16.5. The molecule has 1 unspecified atom stereocenters. The number of carbonyl (C=O) groups is 2. The number of hydrogen-bond donors (Lipinski definition) is 2. The minimum Gasteiger partial charge on any atom is -0.496 e. The Morgan fingerprint density at radius 1 is 1.19 bits per heavy atom. The van der Waals surface area contributed by atoms with Crippen molar-refractivity contribution >= 4 is 23.3 Å². The van der Waals surface area contributed by atoms with Crippen molar-refractivity contribution in [2.75, 3.05) is 12.8 Å². The zero-order valence-corrected chi connectivity index (χ0v) is 15.0. The van der Waals surface area contributed by atoms with Crippen LogP contribution < -0.4 is 10.5 Å². The number of aliphatic carboxylic acids is 1. The zero-order chi connectivity index (χ0) is 19.4. The number of ether oxygens (including phenoxy) is 1. The highest BCUT2D eigenvalue weighted by Gasteiger charge is 2.34. The first-order chi connectivity index (χ1) is 13.0. The Morgan fingerprint density at radius 2 is 1.89 bits per heavy atom. The molecular formula is C20H21N3O4. The summed E-state index contributed by atoms with van der Waals surface area (Å²) in [4.78, 5) is 23.5. The third-order valence-corrected chi connectivity index (χ3v) is 4.46. The molecule has 1 heterocycles. The fourth-order valence-electron chi connectivity index (χ4n) is 3.10. The molecule has 2 aromatic carbocycles. The second-order valence-electron chi connectivity index (χ2n) is 6.26. The second-order valence-corrected chi connectivity index (χ2v) is 6.26. The summed E-state index contributed by atoms with van der Waals surface area (Å²) in [5.74, 6) is -0.690. The third-order valence-electron chi connectivity index (χ3n) is 4.46. The average Bonchev–Trinajstić information content (AvgIpc) is 3.11. The maximum Gasteiger partial charge on any atom is 0.303 e. The summed E-state index contributed by atoms with van der Waals surface area (Å²) in [6.07, 6.45) is 0.156. The summed E-state index contributed by atoms with van der Waals surface area (Å²) in [5.41, 5.74) is 8.84. The molecule has 2 aromatic rings. The van der Waals surface area contributed by atoms with E-state index in [9.17, 15) is 9.59 Å². The number of rotatable bonds is 6. The molecule has 0 saturated heterocycles. The van der Waals surface area contributed by atoms with E-state index in [1.54, 1.807) is 19.2 Å². The lowest BCUT2D eigenvalue weighted by Crippen LogP contribution is -2.27. The van der Waals surface area contributed by atoms with Gasteiger partial charge in [-0.15, -0.1) is 0 Å². The zero-order valence-electron chi connectivity index (χ0n) is 15.0. The van der Waals surface area contributed by atoms with E-state index in [0.717, 1.165) is 16.8 Å². The van der Waals surface area contributed by atoms with Crippen LogP contribution in [-0.2, 0) is 9.59 Å². The van der Waals surface area contributed by atoms with E-state index < -0.39 is 5.97 Å². The lowest BCUT2D eigenvalue weighted by molar-refractivity contribution is -0.141. The monoisotopic (exact) mass is 367 g/mol. The van der Waals surface area contributed by atoms with Gasteiger partial charge in [0.25, 0.3) is 0 Å². The molecule has 1 amide bonds. The first-order valence-electron chi connectivity index (χ1n) is 8.59. The highest BCUT2D eigenvalue weighted by Crippen LogP contribution is 2.37. The van der Waals surface area contributed by atoms with Crippen LogP contribution in [0.2, 0.25) is 0 Å². The summed E-state index contributed by atoms with van der Waals surface area (Å²) < 4.78 is 5.44. The lowest BCUT2D eigenvalue weighted by atomic mass is 9.97. The molecule has 1 aliphatic heterocycles. The van der Waals surface area contributed by atoms with Crippen molar-refractivity contribution in [3.8, 4) is 5.75 Å². The van der Waals surface area contributed by atoms with Crippen LogP contribution in [0.25, 0.3) is 0 Å². The molecule has 3 rings (SSSR count). The number of hydrogen-bond acceptors (Lipinski definition) is 5. The molecular weight excluding hydrogens is 346 g/mol. The minimum absolute atomic E-state index is 0.112. The number of nitrogens with zero attached hydrogens (tertiary/aromatic N) is 2. The standard InChI is InChI=1S/C20H21N3O4/c1-27-18-5-3-2-4-15(18)17-12-16(13-6-8-14(21)9-7-13)22-23(17)19(24)10-11-20(25)26/h2-9,17H,10-12,21H2,1H3,(H,25,26). The van der Waals surface area contributed by atoms with Gasteiger partial charge in [-0.25, -0.2) is 5.01 Å². The Morgan fingerprint density at radius 3 is 2.56 bits per heavy atom. The SMILES string of the molecule is COc1ccccc1C1CC(c2ccc(N)cc2)=NN1C(=O)CCC(=O)O. The van der Waals surface area contributed by atoms with E-state index in [2.05, 4.69) is 5.10 Å². The molecule has 0 bridgehead atoms. The van der Waals surface area contributed by atoms with E-state index in [0.29, 0.717) is 17.9 Å². The van der Waals surface area contributed by atoms with Crippen molar-refractivity contribution in [1.82, 2.24) is 5.01 Å². The van der Waals surface area contributed by atoms with Crippen LogP contribution in [0.5, 0.6) is 5.75 Å². The summed E-state index contributed by atoms with van der Waals surface area (Å²) in [7, 11) is 1.58. The summed E-state index contributed by atoms with van der Waals surface area (Å²) in [5, 5.41) is 14.8. The fourth-order valence-corrected chi connectivity index (χ4v) is 3.10. The van der Waals surface area contributed by atoms with Crippen LogP contribution in [0.1, 0.15) is 36.4 Å². The van der Waals surface area contributed by atoms with Crippen molar-refractivity contribution in [1.29, 1.82) is 0 Å². The molecule has 0 saturated carbocycles. The summed E-state index contributed by atoms with van der Waals surface area (Å²) >= 11 is 0. The molecule has 0 aromatic heterocycles. The van der Waals surface area contributed by atoms with Gasteiger partial charge in [0.1, 0.15) is 5.75 Å². The van der Waals surface area contributed by atoms with E-state index in [1.165, 1.54) is 5.01 Å². The predicted molar refractivity (Wildman–Crippen MR) is 101 cm³/mol. The molecule has 27 heavy (non-hydrogen) atoms. The van der Waals surface area contributed by atoms with Crippen molar-refractivity contribution in [2.24, 2.45) is 5.10 Å². The van der Waals surface area contributed by atoms with E-state index in [-0.39, 0.29) is 24.8 Å². The topological polar surface area (TPSA) is 105 Å². The normalized spacial score (nSPS) is 16.1. The van der Waals surface area contributed by atoms with Gasteiger partial charge in [-0.3, -0.25) is 9.59 Å². The molecule has 0 aliphatic carbocycles. The van der Waals surface area contributed by atoms with Gasteiger partial charge in [-0.1, -0.05) is 30.3 Å². The number of nitrogens with two attached hydrogens (primary N) is 1. The second kappa shape index (κ2) is 7.90. The van der Waals surface area contributed by atoms with E-state index >= 15 is 0 Å². The molecule has 0 spiro atoms. The largest absolute Gasteiger partial charge is 0.496 e. The molecule has 7 heteroatoms. The smallest absolute Gasteiger partial charge is 0.303 e. The van der Waals surface area contributed by atoms with E-state index in [1.807, 2.05) is 36.4 Å². The van der Waals surface area contributed by atoms with Gasteiger partial charge in [0.15, 0.2) is 0 Å². The van der Waals surface area contributed by atoms with Crippen molar-refractivity contribution < 1.29 is 19.4 Å². The number of carbonyl (C=O) groups excluding carboxylic acids is 1. The van der Waals surface area contributed by atoms with Gasteiger partial charge in [-0.2, -0.15) is 5.10 Å². The Labute approximate surface area is 157 Å². The van der Waals surface area contributed by atoms with Gasteiger partial charge in [-0.05, 0) is 23.8 Å².